The van der Waals surface area contributed by atoms with Crippen molar-refractivity contribution in [3.8, 4) is 0 Å². The van der Waals surface area contributed by atoms with Crippen molar-refractivity contribution in [2.24, 2.45) is 0 Å². The van der Waals surface area contributed by atoms with Gasteiger partial charge in [0.05, 0.1) is 13.2 Å². The van der Waals surface area contributed by atoms with Gasteiger partial charge in [0.15, 0.2) is 5.78 Å². The van der Waals surface area contributed by atoms with Crippen LogP contribution >= 0.6 is 11.3 Å². The van der Waals surface area contributed by atoms with E-state index in [0.717, 1.165) is 56.8 Å². The minimum atomic E-state index is -0.0700. The average molecular weight is 474 g/mol. The number of rotatable bonds is 11. The molecule has 1 saturated heterocycles. The minimum absolute atomic E-state index is 0.0662. The number of aromatic nitrogens is 1. The third kappa shape index (κ3) is 7.80. The Hall–Kier alpha value is -2.49. The Bertz CT molecular complexity index is 896. The van der Waals surface area contributed by atoms with Gasteiger partial charge in [-0.15, -0.1) is 11.3 Å². The van der Waals surface area contributed by atoms with Gasteiger partial charge in [-0.1, -0.05) is 13.0 Å². The fourth-order valence-corrected chi connectivity index (χ4v) is 4.36. The monoisotopic (exact) mass is 473 g/mol. The van der Waals surface area contributed by atoms with Gasteiger partial charge in [-0.05, 0) is 42.3 Å². The van der Waals surface area contributed by atoms with Gasteiger partial charge < -0.3 is 20.7 Å². The fraction of sp³-hybridized carbons (Fsp3) is 0.542. The van der Waals surface area contributed by atoms with Crippen LogP contribution in [0.4, 0.5) is 10.5 Å². The number of nitrogen functional groups attached to an aromatic ring is 1. The molecule has 1 fully saturated rings. The summed E-state index contributed by atoms with van der Waals surface area (Å²) < 4.78 is 5.41. The Labute approximate surface area is 200 Å². The summed E-state index contributed by atoms with van der Waals surface area (Å²) in [6.45, 7) is 9.52. The highest BCUT2D eigenvalue weighted by molar-refractivity contribution is 7.08. The van der Waals surface area contributed by atoms with E-state index in [0.29, 0.717) is 24.5 Å². The van der Waals surface area contributed by atoms with Crippen LogP contribution in [0.15, 0.2) is 29.1 Å². The molecular formula is C24H35N5O3S. The summed E-state index contributed by atoms with van der Waals surface area (Å²) in [5.41, 5.74) is 8.68. The molecule has 2 aromatic heterocycles. The van der Waals surface area contributed by atoms with Gasteiger partial charge in [0.25, 0.3) is 0 Å². The number of pyridine rings is 1. The van der Waals surface area contributed by atoms with Crippen LogP contribution in [-0.2, 0) is 17.7 Å². The highest BCUT2D eigenvalue weighted by Crippen LogP contribution is 2.19. The topological polar surface area (TPSA) is 101 Å². The maximum absolute atomic E-state index is 12.9. The molecule has 3 N–H and O–H groups in total. The van der Waals surface area contributed by atoms with E-state index in [1.54, 1.807) is 12.3 Å². The quantitative estimate of drug-likeness (QED) is 0.486. The fourth-order valence-electron chi connectivity index (χ4n) is 3.61. The third-order valence-corrected chi connectivity index (χ3v) is 6.70. The predicted octanol–water partition coefficient (Wildman–Crippen LogP) is 3.18. The van der Waals surface area contributed by atoms with Crippen molar-refractivity contribution in [2.75, 3.05) is 45.1 Å². The number of hydrogen-bond donors (Lipinski definition) is 2. The number of ether oxygens (including phenoxy) is 1. The van der Waals surface area contributed by atoms with Crippen LogP contribution in [0.3, 0.4) is 0 Å². The summed E-state index contributed by atoms with van der Waals surface area (Å²) >= 11 is 1.49. The normalized spacial score (nSPS) is 15.2. The molecule has 1 aliphatic heterocycles. The number of anilines is 1. The van der Waals surface area contributed by atoms with Crippen LogP contribution in [0.1, 0.15) is 48.3 Å². The summed E-state index contributed by atoms with van der Waals surface area (Å²) in [7, 11) is 0. The molecule has 0 radical (unpaired) electrons. The lowest BCUT2D eigenvalue weighted by Gasteiger charge is -2.29. The molecule has 8 nitrogen and oxygen atoms in total. The second-order valence-electron chi connectivity index (χ2n) is 8.49. The number of thiophene rings is 1. The van der Waals surface area contributed by atoms with Gasteiger partial charge in [0, 0.05) is 62.5 Å². The van der Waals surface area contributed by atoms with E-state index in [2.05, 4.69) is 22.1 Å². The number of urea groups is 1. The Morgan fingerprint density at radius 1 is 1.30 bits per heavy atom. The molecule has 33 heavy (non-hydrogen) atoms. The van der Waals surface area contributed by atoms with E-state index in [-0.39, 0.29) is 24.3 Å². The highest BCUT2D eigenvalue weighted by atomic mass is 32.1. The molecule has 0 aliphatic carbocycles. The largest absolute Gasteiger partial charge is 0.398 e. The molecule has 0 saturated carbocycles. The molecule has 180 valence electrons. The molecule has 1 atom stereocenters. The Morgan fingerprint density at radius 2 is 2.09 bits per heavy atom. The molecule has 3 heterocycles. The number of morpholine rings is 1. The smallest absolute Gasteiger partial charge is 0.317 e. The van der Waals surface area contributed by atoms with Gasteiger partial charge in [-0.3, -0.25) is 14.7 Å². The lowest BCUT2D eigenvalue weighted by atomic mass is 10.1. The molecule has 9 heteroatoms. The first kappa shape index (κ1) is 25.1. The maximum Gasteiger partial charge on any atom is 0.317 e. The van der Waals surface area contributed by atoms with Crippen molar-refractivity contribution in [1.82, 2.24) is 20.1 Å². The number of hydrogen-bond acceptors (Lipinski definition) is 7. The van der Waals surface area contributed by atoms with E-state index >= 15 is 0 Å². The standard InChI is InChI=1S/C24H35N5O3S/c1-3-18(2)27-24(31)29(8-4-7-28-9-11-32-12-10-28)15-19-5-6-22(26-14-19)23(30)13-20-16-33-17-21(20)25/h5-6,14,16-18H,3-4,7-13,15,25H2,1-2H3,(H,27,31). The van der Waals surface area contributed by atoms with Gasteiger partial charge >= 0.3 is 6.03 Å². The zero-order valence-corrected chi connectivity index (χ0v) is 20.4. The maximum atomic E-state index is 12.9. The van der Waals surface area contributed by atoms with Crippen molar-refractivity contribution in [3.05, 3.63) is 45.9 Å². The first-order valence-corrected chi connectivity index (χ1v) is 12.5. The van der Waals surface area contributed by atoms with Gasteiger partial charge in [0.1, 0.15) is 5.69 Å². The molecule has 2 aromatic rings. The van der Waals surface area contributed by atoms with Crippen LogP contribution in [0, 0.1) is 0 Å². The van der Waals surface area contributed by atoms with Crippen molar-refractivity contribution in [1.29, 1.82) is 0 Å². The zero-order chi connectivity index (χ0) is 23.6. The van der Waals surface area contributed by atoms with Crippen molar-refractivity contribution >= 4 is 28.8 Å². The van der Waals surface area contributed by atoms with Crippen LogP contribution < -0.4 is 11.1 Å². The van der Waals surface area contributed by atoms with Gasteiger partial charge in [-0.2, -0.15) is 0 Å². The number of amides is 2. The lowest BCUT2D eigenvalue weighted by Crippen LogP contribution is -2.44. The van der Waals surface area contributed by atoms with Gasteiger partial charge in [-0.25, -0.2) is 4.79 Å². The zero-order valence-electron chi connectivity index (χ0n) is 19.6. The molecular weight excluding hydrogens is 438 g/mol. The molecule has 0 bridgehead atoms. The Kier molecular flexibility index (Phi) is 9.65. The first-order chi connectivity index (χ1) is 16.0. The lowest BCUT2D eigenvalue weighted by molar-refractivity contribution is 0.0364. The second kappa shape index (κ2) is 12.7. The van der Waals surface area contributed by atoms with Crippen molar-refractivity contribution < 1.29 is 14.3 Å². The number of Topliss-reactive ketones (excluding diaryl/α,β-unsaturated/α-hetero) is 1. The Morgan fingerprint density at radius 3 is 2.73 bits per heavy atom. The molecule has 0 aromatic carbocycles. The molecule has 2 amide bonds. The first-order valence-electron chi connectivity index (χ1n) is 11.6. The van der Waals surface area contributed by atoms with Gasteiger partial charge in [0.2, 0.25) is 0 Å². The summed E-state index contributed by atoms with van der Waals surface area (Å²) in [4.78, 5) is 34.0. The predicted molar refractivity (Wildman–Crippen MR) is 132 cm³/mol. The molecule has 1 unspecified atom stereocenters. The Balaban J connectivity index is 1.59. The van der Waals surface area contributed by atoms with E-state index in [4.69, 9.17) is 10.5 Å². The number of carbonyl (C=O) groups excluding carboxylic acids is 2. The van der Waals surface area contributed by atoms with E-state index < -0.39 is 0 Å². The van der Waals surface area contributed by atoms with Crippen LogP contribution in [0.5, 0.6) is 0 Å². The number of carbonyl (C=O) groups is 2. The summed E-state index contributed by atoms with van der Waals surface area (Å²) in [6, 6.07) is 3.66. The summed E-state index contributed by atoms with van der Waals surface area (Å²) in [5.74, 6) is -0.0662. The van der Waals surface area contributed by atoms with Crippen molar-refractivity contribution in [2.45, 2.75) is 45.7 Å². The number of nitrogens with one attached hydrogen (secondary N) is 1. The minimum Gasteiger partial charge on any atom is -0.398 e. The molecule has 0 spiro atoms. The highest BCUT2D eigenvalue weighted by Gasteiger charge is 2.18. The van der Waals surface area contributed by atoms with E-state index in [1.165, 1.54) is 11.3 Å². The van der Waals surface area contributed by atoms with Crippen LogP contribution in [0.2, 0.25) is 0 Å². The van der Waals surface area contributed by atoms with E-state index in [9.17, 15) is 9.59 Å². The number of nitrogens with two attached hydrogens (primary N) is 1. The summed E-state index contributed by atoms with van der Waals surface area (Å²) in [6.07, 6.45) is 3.70. The molecule has 1 aliphatic rings. The van der Waals surface area contributed by atoms with Crippen LogP contribution in [0.25, 0.3) is 0 Å². The SMILES string of the molecule is CCC(C)NC(=O)N(CCCN1CCOCC1)Cc1ccc(C(=O)Cc2cscc2N)nc1. The average Bonchev–Trinajstić information content (AvgIpc) is 3.23. The second-order valence-corrected chi connectivity index (χ2v) is 9.24. The summed E-state index contributed by atoms with van der Waals surface area (Å²) in [5, 5.41) is 6.79. The van der Waals surface area contributed by atoms with Crippen LogP contribution in [-0.4, -0.2) is 72.0 Å². The number of ketones is 1. The molecule has 3 rings (SSSR count). The van der Waals surface area contributed by atoms with Crippen molar-refractivity contribution in [3.63, 3.8) is 0 Å². The van der Waals surface area contributed by atoms with E-state index in [1.807, 2.05) is 28.7 Å². The third-order valence-electron chi connectivity index (χ3n) is 5.89. The number of nitrogens with zero attached hydrogens (tertiary/aromatic N) is 3.